The maximum Gasteiger partial charge on any atom is 0.265 e. The summed E-state index contributed by atoms with van der Waals surface area (Å²) in [5.41, 5.74) is 0.815. The van der Waals surface area contributed by atoms with Crippen LogP contribution in [0.15, 0.2) is 66.7 Å². The molecule has 2 N–H and O–H groups in total. The van der Waals surface area contributed by atoms with Gasteiger partial charge in [0.05, 0.1) is 17.9 Å². The molecule has 29 heavy (non-hydrogen) atoms. The van der Waals surface area contributed by atoms with Gasteiger partial charge in [0, 0.05) is 19.0 Å². The van der Waals surface area contributed by atoms with E-state index in [1.807, 2.05) is 42.5 Å². The fourth-order valence-corrected chi connectivity index (χ4v) is 2.93. The Balaban J connectivity index is 1.71. The molecule has 3 aromatic rings. The third kappa shape index (κ3) is 5.12. The fourth-order valence-electron chi connectivity index (χ4n) is 2.93. The molecule has 0 saturated heterocycles. The van der Waals surface area contributed by atoms with Gasteiger partial charge in [0.25, 0.3) is 11.8 Å². The molecule has 150 valence electrons. The lowest BCUT2D eigenvalue weighted by atomic mass is 10.1. The van der Waals surface area contributed by atoms with Gasteiger partial charge in [-0.1, -0.05) is 48.5 Å². The summed E-state index contributed by atoms with van der Waals surface area (Å²) < 4.78 is 10.9. The van der Waals surface area contributed by atoms with E-state index in [4.69, 9.17) is 9.47 Å². The lowest BCUT2D eigenvalue weighted by Crippen LogP contribution is -2.32. The van der Waals surface area contributed by atoms with Crippen LogP contribution in [0.3, 0.4) is 0 Å². The zero-order chi connectivity index (χ0) is 20.6. The predicted molar refractivity (Wildman–Crippen MR) is 113 cm³/mol. The molecule has 6 heteroatoms. The van der Waals surface area contributed by atoms with Crippen molar-refractivity contribution in [2.75, 3.05) is 25.6 Å². The van der Waals surface area contributed by atoms with Gasteiger partial charge in [0.15, 0.2) is 6.10 Å². The number of methoxy groups -OCH3 is 1. The lowest BCUT2D eigenvalue weighted by Gasteiger charge is -2.17. The highest BCUT2D eigenvalue weighted by molar-refractivity contribution is 6.04. The van der Waals surface area contributed by atoms with Crippen LogP contribution >= 0.6 is 0 Å². The Morgan fingerprint density at radius 2 is 1.69 bits per heavy atom. The second-order valence-corrected chi connectivity index (χ2v) is 6.52. The molecule has 3 rings (SSSR count). The molecule has 0 aliphatic carbocycles. The molecule has 0 radical (unpaired) electrons. The summed E-state index contributed by atoms with van der Waals surface area (Å²) >= 11 is 0. The molecule has 2 amide bonds. The van der Waals surface area contributed by atoms with E-state index in [1.165, 1.54) is 0 Å². The van der Waals surface area contributed by atoms with Crippen LogP contribution in [0.4, 0.5) is 5.69 Å². The van der Waals surface area contributed by atoms with Crippen molar-refractivity contribution in [3.05, 3.63) is 72.3 Å². The smallest absolute Gasteiger partial charge is 0.265 e. The van der Waals surface area contributed by atoms with Crippen LogP contribution in [-0.2, 0) is 9.53 Å². The molecule has 6 nitrogen and oxygen atoms in total. The second kappa shape index (κ2) is 9.71. The van der Waals surface area contributed by atoms with Crippen LogP contribution in [0.2, 0.25) is 0 Å². The first-order chi connectivity index (χ1) is 14.1. The van der Waals surface area contributed by atoms with E-state index in [0.717, 1.165) is 10.8 Å². The molecular formula is C23H24N2O4. The van der Waals surface area contributed by atoms with Gasteiger partial charge < -0.3 is 20.1 Å². The van der Waals surface area contributed by atoms with Crippen LogP contribution in [-0.4, -0.2) is 38.2 Å². The molecule has 0 saturated carbocycles. The quantitative estimate of drug-likeness (QED) is 0.574. The third-order valence-electron chi connectivity index (χ3n) is 4.44. The predicted octanol–water partition coefficient (Wildman–Crippen LogP) is 3.62. The summed E-state index contributed by atoms with van der Waals surface area (Å²) in [6.45, 7) is 2.48. The summed E-state index contributed by atoms with van der Waals surface area (Å²) in [4.78, 5) is 25.1. The SMILES string of the molecule is COCCNC(=O)c1ccccc1NC(=O)[C@H](C)Oc1cccc2ccccc12. The number of anilines is 1. The molecule has 0 heterocycles. The summed E-state index contributed by atoms with van der Waals surface area (Å²) in [6.07, 6.45) is -0.745. The summed E-state index contributed by atoms with van der Waals surface area (Å²) in [6, 6.07) is 20.4. The molecular weight excluding hydrogens is 368 g/mol. The van der Waals surface area contributed by atoms with Gasteiger partial charge in [0.1, 0.15) is 5.75 Å². The molecule has 0 aliphatic rings. The van der Waals surface area contributed by atoms with Crippen LogP contribution in [0.1, 0.15) is 17.3 Å². The summed E-state index contributed by atoms with van der Waals surface area (Å²) in [7, 11) is 1.57. The number of fused-ring (bicyclic) bond motifs is 1. The number of ether oxygens (including phenoxy) is 2. The van der Waals surface area contributed by atoms with E-state index >= 15 is 0 Å². The zero-order valence-electron chi connectivity index (χ0n) is 16.5. The van der Waals surface area contributed by atoms with Gasteiger partial charge in [0.2, 0.25) is 0 Å². The van der Waals surface area contributed by atoms with Crippen molar-refractivity contribution < 1.29 is 19.1 Å². The lowest BCUT2D eigenvalue weighted by molar-refractivity contribution is -0.122. The molecule has 0 spiro atoms. The Bertz CT molecular complexity index is 998. The van der Waals surface area contributed by atoms with Gasteiger partial charge >= 0.3 is 0 Å². The first kappa shape index (κ1) is 20.4. The molecule has 0 fully saturated rings. The van der Waals surface area contributed by atoms with Crippen molar-refractivity contribution >= 4 is 28.3 Å². The van der Waals surface area contributed by atoms with Gasteiger partial charge in [-0.25, -0.2) is 0 Å². The van der Waals surface area contributed by atoms with Crippen molar-refractivity contribution in [3.63, 3.8) is 0 Å². The highest BCUT2D eigenvalue weighted by Gasteiger charge is 2.19. The van der Waals surface area contributed by atoms with E-state index in [-0.39, 0.29) is 11.8 Å². The van der Waals surface area contributed by atoms with Gasteiger partial charge in [-0.05, 0) is 30.5 Å². The van der Waals surface area contributed by atoms with Crippen LogP contribution in [0.25, 0.3) is 10.8 Å². The molecule has 3 aromatic carbocycles. The maximum absolute atomic E-state index is 12.7. The minimum Gasteiger partial charge on any atom is -0.480 e. The normalized spacial score (nSPS) is 11.7. The first-order valence-electron chi connectivity index (χ1n) is 9.41. The Kier molecular flexibility index (Phi) is 6.81. The Morgan fingerprint density at radius 3 is 2.52 bits per heavy atom. The topological polar surface area (TPSA) is 76.7 Å². The second-order valence-electron chi connectivity index (χ2n) is 6.52. The molecule has 1 atom stereocenters. The van der Waals surface area contributed by atoms with E-state index in [9.17, 15) is 9.59 Å². The van der Waals surface area contributed by atoms with Crippen LogP contribution in [0.5, 0.6) is 5.75 Å². The molecule has 0 aromatic heterocycles. The number of carbonyl (C=O) groups excluding carboxylic acids is 2. The van der Waals surface area contributed by atoms with Gasteiger partial charge in [-0.3, -0.25) is 9.59 Å². The van der Waals surface area contributed by atoms with Gasteiger partial charge in [-0.15, -0.1) is 0 Å². The van der Waals surface area contributed by atoms with E-state index in [2.05, 4.69) is 10.6 Å². The van der Waals surface area contributed by atoms with Crippen molar-refractivity contribution in [1.82, 2.24) is 5.32 Å². The monoisotopic (exact) mass is 392 g/mol. The molecule has 0 unspecified atom stereocenters. The van der Waals surface area contributed by atoms with Gasteiger partial charge in [-0.2, -0.15) is 0 Å². The van der Waals surface area contributed by atoms with Crippen molar-refractivity contribution in [3.8, 4) is 5.75 Å². The maximum atomic E-state index is 12.7. The number of para-hydroxylation sites is 1. The number of rotatable bonds is 8. The minimum absolute atomic E-state index is 0.277. The highest BCUT2D eigenvalue weighted by Crippen LogP contribution is 2.26. The van der Waals surface area contributed by atoms with E-state index < -0.39 is 6.10 Å². The number of nitrogens with one attached hydrogen (secondary N) is 2. The Labute approximate surface area is 169 Å². The summed E-state index contributed by atoms with van der Waals surface area (Å²) in [5, 5.41) is 7.53. The fraction of sp³-hybridized carbons (Fsp3) is 0.217. The van der Waals surface area contributed by atoms with E-state index in [1.54, 1.807) is 38.3 Å². The Hall–Kier alpha value is -3.38. The number of benzene rings is 3. The van der Waals surface area contributed by atoms with Crippen molar-refractivity contribution in [2.24, 2.45) is 0 Å². The molecule has 0 aliphatic heterocycles. The number of hydrogen-bond acceptors (Lipinski definition) is 4. The van der Waals surface area contributed by atoms with Crippen molar-refractivity contribution in [1.29, 1.82) is 0 Å². The Morgan fingerprint density at radius 1 is 0.966 bits per heavy atom. The van der Waals surface area contributed by atoms with Crippen LogP contribution < -0.4 is 15.4 Å². The first-order valence-corrected chi connectivity index (χ1v) is 9.41. The zero-order valence-corrected chi connectivity index (χ0v) is 16.5. The largest absolute Gasteiger partial charge is 0.480 e. The van der Waals surface area contributed by atoms with E-state index in [0.29, 0.717) is 30.2 Å². The van der Waals surface area contributed by atoms with Crippen LogP contribution in [0, 0.1) is 0 Å². The third-order valence-corrected chi connectivity index (χ3v) is 4.44. The highest BCUT2D eigenvalue weighted by atomic mass is 16.5. The number of hydrogen-bond donors (Lipinski definition) is 2. The summed E-state index contributed by atoms with van der Waals surface area (Å²) in [5.74, 6) is 0.0204. The average molecular weight is 392 g/mol. The average Bonchev–Trinajstić information content (AvgIpc) is 2.74. The molecule has 0 bridgehead atoms. The number of carbonyl (C=O) groups is 2. The van der Waals surface area contributed by atoms with Crippen molar-refractivity contribution in [2.45, 2.75) is 13.0 Å². The minimum atomic E-state index is -0.745. The standard InChI is InChI=1S/C23H24N2O4/c1-16(29-21-13-7-9-17-8-3-4-10-18(17)21)22(26)25-20-12-6-5-11-19(20)23(27)24-14-15-28-2/h3-13,16H,14-15H2,1-2H3,(H,24,27)(H,25,26)/t16-/m0/s1. The number of amides is 2.